The molecule has 0 aliphatic rings. The number of hydrogen-bond acceptors (Lipinski definition) is 4. The lowest BCUT2D eigenvalue weighted by Gasteiger charge is -2.29. The Hall–Kier alpha value is -2.36. The van der Waals surface area contributed by atoms with Gasteiger partial charge in [-0.3, -0.25) is 13.9 Å². The van der Waals surface area contributed by atoms with Crippen molar-refractivity contribution in [2.45, 2.75) is 39.3 Å². The summed E-state index contributed by atoms with van der Waals surface area (Å²) in [6.45, 7) is 3.97. The van der Waals surface area contributed by atoms with Gasteiger partial charge in [0.05, 0.1) is 22.0 Å². The number of likely N-dealkylation sites (N-methyl/N-ethyl adjacent to an activating group) is 1. The van der Waals surface area contributed by atoms with Gasteiger partial charge in [0, 0.05) is 26.1 Å². The van der Waals surface area contributed by atoms with Crippen molar-refractivity contribution in [1.29, 1.82) is 0 Å². The van der Waals surface area contributed by atoms with Crippen molar-refractivity contribution < 1.29 is 22.4 Å². The van der Waals surface area contributed by atoms with Gasteiger partial charge in [0.1, 0.15) is 11.9 Å². The van der Waals surface area contributed by atoms with Crippen molar-refractivity contribution in [2.75, 3.05) is 23.7 Å². The number of benzene rings is 2. The fourth-order valence-corrected chi connectivity index (χ4v) is 4.64. The zero-order chi connectivity index (χ0) is 25.5. The SMILES string of the molecule is CCNC(=O)C(C)N(Cc1ccc(Cl)c(Cl)c1)C(=O)CCCN(c1ccc(F)cc1)S(C)(=O)=O. The molecule has 2 aromatic rings. The number of carbonyl (C=O) groups excluding carboxylic acids is 2. The van der Waals surface area contributed by atoms with Crippen LogP contribution in [0.5, 0.6) is 0 Å². The monoisotopic (exact) mass is 531 g/mol. The molecule has 2 aromatic carbocycles. The molecule has 0 fully saturated rings. The molecule has 1 N–H and O–H groups in total. The fourth-order valence-electron chi connectivity index (χ4n) is 3.35. The summed E-state index contributed by atoms with van der Waals surface area (Å²) in [6.07, 6.45) is 1.24. The zero-order valence-corrected chi connectivity index (χ0v) is 21.6. The Labute approximate surface area is 209 Å². The van der Waals surface area contributed by atoms with E-state index >= 15 is 0 Å². The second kappa shape index (κ2) is 12.4. The maximum absolute atomic E-state index is 13.2. The van der Waals surface area contributed by atoms with Crippen LogP contribution >= 0.6 is 23.2 Å². The Bertz CT molecular complexity index is 1110. The van der Waals surface area contributed by atoms with Crippen molar-refractivity contribution in [1.82, 2.24) is 10.2 Å². The number of sulfonamides is 1. The van der Waals surface area contributed by atoms with Gasteiger partial charge >= 0.3 is 0 Å². The second-order valence-corrected chi connectivity index (χ2v) is 10.5. The quantitative estimate of drug-likeness (QED) is 0.469. The van der Waals surface area contributed by atoms with Gasteiger partial charge in [0.2, 0.25) is 21.8 Å². The van der Waals surface area contributed by atoms with Crippen molar-refractivity contribution in [2.24, 2.45) is 0 Å². The molecule has 0 saturated carbocycles. The smallest absolute Gasteiger partial charge is 0.242 e. The number of nitrogens with one attached hydrogen (secondary N) is 1. The maximum atomic E-state index is 13.2. The third kappa shape index (κ3) is 7.85. The van der Waals surface area contributed by atoms with E-state index in [4.69, 9.17) is 23.2 Å². The average Bonchev–Trinajstić information content (AvgIpc) is 2.77. The van der Waals surface area contributed by atoms with Crippen LogP contribution in [-0.2, 0) is 26.2 Å². The third-order valence-electron chi connectivity index (χ3n) is 5.12. The minimum absolute atomic E-state index is 0.00170. The topological polar surface area (TPSA) is 86.8 Å². The summed E-state index contributed by atoms with van der Waals surface area (Å²) in [5.41, 5.74) is 1.00. The summed E-state index contributed by atoms with van der Waals surface area (Å²) < 4.78 is 38.9. The van der Waals surface area contributed by atoms with Gasteiger partial charge in [0.15, 0.2) is 0 Å². The molecular formula is C23H28Cl2FN3O4S. The van der Waals surface area contributed by atoms with E-state index in [1.54, 1.807) is 32.0 Å². The molecule has 34 heavy (non-hydrogen) atoms. The van der Waals surface area contributed by atoms with E-state index < -0.39 is 21.9 Å². The summed E-state index contributed by atoms with van der Waals surface area (Å²) in [5, 5.41) is 3.42. The van der Waals surface area contributed by atoms with Gasteiger partial charge in [-0.15, -0.1) is 0 Å². The summed E-state index contributed by atoms with van der Waals surface area (Å²) in [4.78, 5) is 27.0. The summed E-state index contributed by atoms with van der Waals surface area (Å²) in [5.74, 6) is -1.11. The van der Waals surface area contributed by atoms with E-state index in [9.17, 15) is 22.4 Å². The molecule has 0 bridgehead atoms. The number of rotatable bonds is 11. The third-order valence-corrected chi connectivity index (χ3v) is 7.06. The number of carbonyl (C=O) groups is 2. The molecule has 0 radical (unpaired) electrons. The van der Waals surface area contributed by atoms with E-state index in [-0.39, 0.29) is 37.7 Å². The predicted molar refractivity (Wildman–Crippen MR) is 133 cm³/mol. The van der Waals surface area contributed by atoms with Crippen LogP contribution in [0.4, 0.5) is 10.1 Å². The van der Waals surface area contributed by atoms with E-state index in [1.807, 2.05) is 0 Å². The maximum Gasteiger partial charge on any atom is 0.242 e. The van der Waals surface area contributed by atoms with Gasteiger partial charge in [-0.05, 0) is 62.2 Å². The van der Waals surface area contributed by atoms with E-state index in [2.05, 4.69) is 5.32 Å². The van der Waals surface area contributed by atoms with Crippen LogP contribution in [0, 0.1) is 5.82 Å². The largest absolute Gasteiger partial charge is 0.355 e. The number of amides is 2. The zero-order valence-electron chi connectivity index (χ0n) is 19.2. The number of hydrogen-bond donors (Lipinski definition) is 1. The Balaban J connectivity index is 2.17. The highest BCUT2D eigenvalue weighted by Crippen LogP contribution is 2.24. The molecule has 0 heterocycles. The van der Waals surface area contributed by atoms with Gasteiger partial charge in [-0.1, -0.05) is 29.3 Å². The first-order chi connectivity index (χ1) is 15.9. The summed E-state index contributed by atoms with van der Waals surface area (Å²) in [7, 11) is -3.65. The molecular weight excluding hydrogens is 504 g/mol. The highest BCUT2D eigenvalue weighted by Gasteiger charge is 2.26. The first-order valence-electron chi connectivity index (χ1n) is 10.7. The number of halogens is 3. The number of anilines is 1. The molecule has 186 valence electrons. The molecule has 2 amide bonds. The van der Waals surface area contributed by atoms with Crippen molar-refractivity contribution in [3.05, 3.63) is 63.9 Å². The lowest BCUT2D eigenvalue weighted by Crippen LogP contribution is -2.47. The van der Waals surface area contributed by atoms with Crippen molar-refractivity contribution >= 4 is 50.7 Å². The van der Waals surface area contributed by atoms with E-state index in [1.165, 1.54) is 29.2 Å². The highest BCUT2D eigenvalue weighted by atomic mass is 35.5. The van der Waals surface area contributed by atoms with E-state index in [0.717, 1.165) is 10.6 Å². The lowest BCUT2D eigenvalue weighted by atomic mass is 10.1. The van der Waals surface area contributed by atoms with Crippen LogP contribution in [0.1, 0.15) is 32.3 Å². The first kappa shape index (κ1) is 27.9. The Morgan fingerprint density at radius 3 is 2.29 bits per heavy atom. The van der Waals surface area contributed by atoms with Crippen LogP contribution in [0.2, 0.25) is 10.0 Å². The molecule has 0 spiro atoms. The highest BCUT2D eigenvalue weighted by molar-refractivity contribution is 7.92. The van der Waals surface area contributed by atoms with Gasteiger partial charge in [-0.25, -0.2) is 12.8 Å². The van der Waals surface area contributed by atoms with Crippen LogP contribution in [-0.4, -0.2) is 50.5 Å². The first-order valence-corrected chi connectivity index (χ1v) is 13.3. The molecule has 0 aliphatic carbocycles. The number of nitrogens with zero attached hydrogens (tertiary/aromatic N) is 2. The van der Waals surface area contributed by atoms with Gasteiger partial charge in [0.25, 0.3) is 0 Å². The molecule has 0 aromatic heterocycles. The normalized spacial score (nSPS) is 12.2. The van der Waals surface area contributed by atoms with Crippen LogP contribution < -0.4 is 9.62 Å². The summed E-state index contributed by atoms with van der Waals surface area (Å²) in [6, 6.07) is 9.29. The molecule has 11 heteroatoms. The van der Waals surface area contributed by atoms with Crippen LogP contribution in [0.3, 0.4) is 0 Å². The Morgan fingerprint density at radius 1 is 1.09 bits per heavy atom. The molecule has 2 rings (SSSR count). The molecule has 0 aliphatic heterocycles. The fraction of sp³-hybridized carbons (Fsp3) is 0.391. The minimum Gasteiger partial charge on any atom is -0.355 e. The van der Waals surface area contributed by atoms with E-state index in [0.29, 0.717) is 27.8 Å². The van der Waals surface area contributed by atoms with Gasteiger partial charge < -0.3 is 10.2 Å². The second-order valence-electron chi connectivity index (χ2n) is 7.76. The van der Waals surface area contributed by atoms with Crippen molar-refractivity contribution in [3.8, 4) is 0 Å². The molecule has 0 saturated heterocycles. The van der Waals surface area contributed by atoms with Gasteiger partial charge in [-0.2, -0.15) is 0 Å². The standard InChI is InChI=1S/C23H28Cl2FN3O4S/c1-4-27-23(31)16(2)28(15-17-7-12-20(24)21(25)14-17)22(30)6-5-13-29(34(3,32)33)19-10-8-18(26)9-11-19/h7-12,14,16H,4-6,13,15H2,1-3H3,(H,27,31). The molecule has 1 atom stereocenters. The summed E-state index contributed by atoms with van der Waals surface area (Å²) >= 11 is 12.1. The minimum atomic E-state index is -3.65. The van der Waals surface area contributed by atoms with Crippen LogP contribution in [0.15, 0.2) is 42.5 Å². The molecule has 1 unspecified atom stereocenters. The van der Waals surface area contributed by atoms with Crippen LogP contribution in [0.25, 0.3) is 0 Å². The predicted octanol–water partition coefficient (Wildman–Crippen LogP) is 4.23. The average molecular weight is 532 g/mol. The Morgan fingerprint density at radius 2 is 1.74 bits per heavy atom. The lowest BCUT2D eigenvalue weighted by molar-refractivity contribution is -0.140. The molecule has 7 nitrogen and oxygen atoms in total. The Kier molecular flexibility index (Phi) is 10.1. The van der Waals surface area contributed by atoms with Crippen molar-refractivity contribution in [3.63, 3.8) is 0 Å².